The number of rotatable bonds is 3. The zero-order valence-corrected chi connectivity index (χ0v) is 16.7. The fourth-order valence-corrected chi connectivity index (χ4v) is 6.03. The summed E-state index contributed by atoms with van der Waals surface area (Å²) in [6.45, 7) is 7.93. The number of hydrogen-bond acceptors (Lipinski definition) is 3. The number of amides is 1. The van der Waals surface area contributed by atoms with Crippen molar-refractivity contribution in [2.24, 2.45) is 5.41 Å². The van der Waals surface area contributed by atoms with Gasteiger partial charge in [0.1, 0.15) is 5.82 Å². The van der Waals surface area contributed by atoms with Crippen molar-refractivity contribution in [2.45, 2.75) is 44.6 Å². The maximum atomic E-state index is 13.5. The molecule has 5 heteroatoms. The van der Waals surface area contributed by atoms with Gasteiger partial charge in [-0.3, -0.25) is 9.69 Å². The molecule has 1 saturated carbocycles. The molecule has 1 atom stereocenters. The second-order valence-electron chi connectivity index (χ2n) is 8.64. The van der Waals surface area contributed by atoms with Gasteiger partial charge in [-0.2, -0.15) is 11.8 Å². The van der Waals surface area contributed by atoms with Crippen LogP contribution in [0.4, 0.5) is 4.39 Å². The number of carbonyl (C=O) groups excluding carboxylic acids is 1. The SMILES string of the molecule is CC1(C)CC1(C(=O)N1CCN(C2CCSCC2)CC1)c1ccc(F)cc1. The minimum absolute atomic E-state index is 0.0559. The molecule has 0 aromatic heterocycles. The highest BCUT2D eigenvalue weighted by Gasteiger charge is 2.68. The molecule has 1 aliphatic carbocycles. The Morgan fingerprint density at radius 2 is 1.65 bits per heavy atom. The number of thioether (sulfide) groups is 1. The summed E-state index contributed by atoms with van der Waals surface area (Å²) < 4.78 is 13.4. The standard InChI is InChI=1S/C21H29FN2OS/c1-20(2)15-21(20,16-3-5-17(22)6-4-16)19(25)24-11-9-23(10-12-24)18-7-13-26-14-8-18/h3-6,18H,7-15H2,1-2H3. The van der Waals surface area contributed by atoms with Crippen LogP contribution in [0.2, 0.25) is 0 Å². The Kier molecular flexibility index (Phi) is 4.81. The normalized spacial score (nSPS) is 29.6. The molecular weight excluding hydrogens is 347 g/mol. The van der Waals surface area contributed by atoms with E-state index in [2.05, 4.69) is 35.4 Å². The molecule has 2 aliphatic heterocycles. The summed E-state index contributed by atoms with van der Waals surface area (Å²) in [5, 5.41) is 0. The quantitative estimate of drug-likeness (QED) is 0.806. The summed E-state index contributed by atoms with van der Waals surface area (Å²) in [7, 11) is 0. The summed E-state index contributed by atoms with van der Waals surface area (Å²) in [4.78, 5) is 18.1. The molecule has 3 fully saturated rings. The van der Waals surface area contributed by atoms with Gasteiger partial charge in [-0.1, -0.05) is 26.0 Å². The zero-order valence-electron chi connectivity index (χ0n) is 15.8. The summed E-state index contributed by atoms with van der Waals surface area (Å²) in [5.41, 5.74) is 0.449. The predicted octanol–water partition coefficient (Wildman–Crippen LogP) is 3.53. The van der Waals surface area contributed by atoms with E-state index in [1.54, 1.807) is 12.1 Å². The fourth-order valence-electron chi connectivity index (χ4n) is 4.94. The van der Waals surface area contributed by atoms with Crippen molar-refractivity contribution in [3.63, 3.8) is 0 Å². The Hall–Kier alpha value is -1.07. The minimum Gasteiger partial charge on any atom is -0.339 e. The van der Waals surface area contributed by atoms with Crippen LogP contribution in [0.1, 0.15) is 38.7 Å². The summed E-state index contributed by atoms with van der Waals surface area (Å²) in [6.07, 6.45) is 3.42. The van der Waals surface area contributed by atoms with E-state index < -0.39 is 5.41 Å². The molecule has 1 amide bonds. The van der Waals surface area contributed by atoms with Crippen LogP contribution in [0.25, 0.3) is 0 Å². The van der Waals surface area contributed by atoms with Gasteiger partial charge in [-0.05, 0) is 53.9 Å². The van der Waals surface area contributed by atoms with Crippen LogP contribution in [0.5, 0.6) is 0 Å². The van der Waals surface area contributed by atoms with E-state index in [0.29, 0.717) is 6.04 Å². The first-order chi connectivity index (χ1) is 12.4. The van der Waals surface area contributed by atoms with Crippen molar-refractivity contribution < 1.29 is 9.18 Å². The molecule has 0 spiro atoms. The Balaban J connectivity index is 1.46. The lowest BCUT2D eigenvalue weighted by Crippen LogP contribution is -2.55. The fraction of sp³-hybridized carbons (Fsp3) is 0.667. The molecule has 3 aliphatic rings. The third-order valence-corrected chi connectivity index (χ3v) is 7.80. The van der Waals surface area contributed by atoms with E-state index in [9.17, 15) is 9.18 Å². The highest BCUT2D eigenvalue weighted by molar-refractivity contribution is 7.99. The molecule has 142 valence electrons. The summed E-state index contributed by atoms with van der Waals surface area (Å²) in [5.74, 6) is 2.54. The van der Waals surface area contributed by atoms with Gasteiger partial charge in [0, 0.05) is 32.2 Å². The second-order valence-corrected chi connectivity index (χ2v) is 9.87. The van der Waals surface area contributed by atoms with Gasteiger partial charge < -0.3 is 4.90 Å². The molecule has 1 unspecified atom stereocenters. The molecule has 3 nitrogen and oxygen atoms in total. The van der Waals surface area contributed by atoms with E-state index >= 15 is 0 Å². The number of hydrogen-bond donors (Lipinski definition) is 0. The first-order valence-corrected chi connectivity index (χ1v) is 11.0. The van der Waals surface area contributed by atoms with Gasteiger partial charge >= 0.3 is 0 Å². The van der Waals surface area contributed by atoms with Crippen LogP contribution in [0.3, 0.4) is 0 Å². The topological polar surface area (TPSA) is 23.6 Å². The van der Waals surface area contributed by atoms with Crippen molar-refractivity contribution in [1.82, 2.24) is 9.80 Å². The maximum absolute atomic E-state index is 13.5. The summed E-state index contributed by atoms with van der Waals surface area (Å²) in [6, 6.07) is 7.28. The van der Waals surface area contributed by atoms with Gasteiger partial charge in [0.05, 0.1) is 5.41 Å². The van der Waals surface area contributed by atoms with E-state index in [-0.39, 0.29) is 17.1 Å². The Labute approximate surface area is 160 Å². The monoisotopic (exact) mass is 376 g/mol. The molecule has 26 heavy (non-hydrogen) atoms. The van der Waals surface area contributed by atoms with Crippen LogP contribution in [-0.2, 0) is 10.2 Å². The molecule has 0 bridgehead atoms. The third kappa shape index (κ3) is 3.07. The van der Waals surface area contributed by atoms with E-state index in [4.69, 9.17) is 0 Å². The van der Waals surface area contributed by atoms with Crippen LogP contribution in [0.15, 0.2) is 24.3 Å². The molecule has 2 heterocycles. The van der Waals surface area contributed by atoms with E-state index in [1.807, 2.05) is 0 Å². The molecule has 0 radical (unpaired) electrons. The maximum Gasteiger partial charge on any atom is 0.233 e. The molecule has 1 aromatic rings. The number of benzene rings is 1. The highest BCUT2D eigenvalue weighted by atomic mass is 32.2. The largest absolute Gasteiger partial charge is 0.339 e. The molecule has 0 N–H and O–H groups in total. The number of carbonyl (C=O) groups is 1. The van der Waals surface area contributed by atoms with Crippen molar-refractivity contribution in [1.29, 1.82) is 0 Å². The zero-order chi connectivity index (χ0) is 18.4. The van der Waals surface area contributed by atoms with Gasteiger partial charge in [0.25, 0.3) is 0 Å². The highest BCUT2D eigenvalue weighted by Crippen LogP contribution is 2.65. The minimum atomic E-state index is -0.468. The van der Waals surface area contributed by atoms with Crippen LogP contribution in [0, 0.1) is 11.2 Å². The van der Waals surface area contributed by atoms with Crippen LogP contribution < -0.4 is 0 Å². The van der Waals surface area contributed by atoms with Crippen molar-refractivity contribution in [3.05, 3.63) is 35.6 Å². The van der Waals surface area contributed by atoms with Crippen LogP contribution in [-0.4, -0.2) is 59.4 Å². The first kappa shape index (κ1) is 18.3. The van der Waals surface area contributed by atoms with Crippen molar-refractivity contribution in [2.75, 3.05) is 37.7 Å². The van der Waals surface area contributed by atoms with E-state index in [1.165, 1.54) is 36.5 Å². The average molecular weight is 377 g/mol. The Morgan fingerprint density at radius 1 is 1.08 bits per heavy atom. The molecular formula is C21H29FN2OS. The van der Waals surface area contributed by atoms with Crippen molar-refractivity contribution in [3.8, 4) is 0 Å². The van der Waals surface area contributed by atoms with Crippen molar-refractivity contribution >= 4 is 17.7 Å². The smallest absolute Gasteiger partial charge is 0.233 e. The Morgan fingerprint density at radius 3 is 2.19 bits per heavy atom. The van der Waals surface area contributed by atoms with Gasteiger partial charge in [-0.25, -0.2) is 4.39 Å². The average Bonchev–Trinajstić information content (AvgIpc) is 3.26. The molecule has 4 rings (SSSR count). The van der Waals surface area contributed by atoms with Gasteiger partial charge in [-0.15, -0.1) is 0 Å². The lowest BCUT2D eigenvalue weighted by molar-refractivity contribution is -0.137. The predicted molar refractivity (Wildman–Crippen MR) is 105 cm³/mol. The lowest BCUT2D eigenvalue weighted by atomic mass is 9.86. The number of nitrogens with zero attached hydrogens (tertiary/aromatic N) is 2. The van der Waals surface area contributed by atoms with Crippen LogP contribution >= 0.6 is 11.8 Å². The Bertz CT molecular complexity index is 663. The number of piperazine rings is 1. The summed E-state index contributed by atoms with van der Waals surface area (Å²) >= 11 is 2.06. The van der Waals surface area contributed by atoms with Gasteiger partial charge in [0.15, 0.2) is 0 Å². The first-order valence-electron chi connectivity index (χ1n) is 9.81. The number of halogens is 1. The van der Waals surface area contributed by atoms with E-state index in [0.717, 1.165) is 38.2 Å². The lowest BCUT2D eigenvalue weighted by Gasteiger charge is -2.42. The third-order valence-electron chi connectivity index (χ3n) is 6.75. The van der Waals surface area contributed by atoms with Gasteiger partial charge in [0.2, 0.25) is 5.91 Å². The molecule has 2 saturated heterocycles. The second kappa shape index (κ2) is 6.83. The molecule has 1 aromatic carbocycles.